The van der Waals surface area contributed by atoms with E-state index in [0.29, 0.717) is 12.5 Å². The van der Waals surface area contributed by atoms with Gasteiger partial charge >= 0.3 is 0 Å². The first-order chi connectivity index (χ1) is 9.63. The molecule has 0 spiro atoms. The SMILES string of the molecule is O=C(Cc1cccc(O)c1)N[C@H]1CCN(C2CC2)C1=O. The van der Waals surface area contributed by atoms with E-state index >= 15 is 0 Å². The van der Waals surface area contributed by atoms with E-state index in [9.17, 15) is 14.7 Å². The number of benzene rings is 1. The molecule has 0 aromatic heterocycles. The molecule has 20 heavy (non-hydrogen) atoms. The molecule has 2 aliphatic rings. The predicted octanol–water partition coefficient (Wildman–Crippen LogP) is 0.814. The van der Waals surface area contributed by atoms with Crippen molar-refractivity contribution in [1.82, 2.24) is 10.2 Å². The van der Waals surface area contributed by atoms with Crippen LogP contribution in [0.2, 0.25) is 0 Å². The molecule has 1 heterocycles. The van der Waals surface area contributed by atoms with Crippen LogP contribution in [0, 0.1) is 0 Å². The summed E-state index contributed by atoms with van der Waals surface area (Å²) in [4.78, 5) is 25.9. The lowest BCUT2D eigenvalue weighted by molar-refractivity contribution is -0.132. The molecule has 1 atom stereocenters. The molecule has 0 radical (unpaired) electrons. The third kappa shape index (κ3) is 2.76. The summed E-state index contributed by atoms with van der Waals surface area (Å²) in [5, 5.41) is 12.2. The van der Waals surface area contributed by atoms with Crippen LogP contribution in [0.1, 0.15) is 24.8 Å². The summed E-state index contributed by atoms with van der Waals surface area (Å²) in [7, 11) is 0. The van der Waals surface area contributed by atoms with E-state index in [1.54, 1.807) is 24.3 Å². The van der Waals surface area contributed by atoms with E-state index in [2.05, 4.69) is 5.32 Å². The summed E-state index contributed by atoms with van der Waals surface area (Å²) in [6, 6.07) is 6.65. The first kappa shape index (κ1) is 13.0. The minimum absolute atomic E-state index is 0.0526. The number of phenols is 1. The highest BCUT2D eigenvalue weighted by Crippen LogP contribution is 2.30. The minimum Gasteiger partial charge on any atom is -0.508 e. The zero-order valence-corrected chi connectivity index (χ0v) is 11.2. The van der Waals surface area contributed by atoms with Gasteiger partial charge in [-0.3, -0.25) is 9.59 Å². The monoisotopic (exact) mass is 274 g/mol. The number of likely N-dealkylation sites (tertiary alicyclic amines) is 1. The maximum atomic E-state index is 12.1. The highest BCUT2D eigenvalue weighted by molar-refractivity contribution is 5.90. The maximum absolute atomic E-state index is 12.1. The summed E-state index contributed by atoms with van der Waals surface area (Å²) in [6.07, 6.45) is 3.06. The maximum Gasteiger partial charge on any atom is 0.245 e. The molecule has 0 unspecified atom stereocenters. The van der Waals surface area contributed by atoms with Crippen molar-refractivity contribution in [3.05, 3.63) is 29.8 Å². The molecule has 0 bridgehead atoms. The Labute approximate surface area is 117 Å². The Morgan fingerprint density at radius 1 is 1.35 bits per heavy atom. The normalized spacial score (nSPS) is 22.1. The smallest absolute Gasteiger partial charge is 0.245 e. The highest BCUT2D eigenvalue weighted by atomic mass is 16.3. The number of hydrogen-bond donors (Lipinski definition) is 2. The lowest BCUT2D eigenvalue weighted by Crippen LogP contribution is -2.42. The largest absolute Gasteiger partial charge is 0.508 e. The molecule has 2 fully saturated rings. The zero-order chi connectivity index (χ0) is 14.1. The molecule has 1 saturated carbocycles. The number of phenolic OH excluding ortho intramolecular Hbond substituents is 1. The van der Waals surface area contributed by atoms with Gasteiger partial charge in [-0.25, -0.2) is 0 Å². The molecule has 1 aliphatic carbocycles. The van der Waals surface area contributed by atoms with Gasteiger partial charge in [0, 0.05) is 12.6 Å². The molecule has 2 amide bonds. The van der Waals surface area contributed by atoms with Crippen molar-refractivity contribution in [1.29, 1.82) is 0 Å². The highest BCUT2D eigenvalue weighted by Gasteiger charge is 2.40. The molecular formula is C15H18N2O3. The molecule has 5 heteroatoms. The average molecular weight is 274 g/mol. The molecule has 1 aromatic rings. The van der Waals surface area contributed by atoms with Gasteiger partial charge in [-0.05, 0) is 37.0 Å². The van der Waals surface area contributed by atoms with Crippen LogP contribution in [-0.2, 0) is 16.0 Å². The van der Waals surface area contributed by atoms with Gasteiger partial charge in [-0.2, -0.15) is 0 Å². The van der Waals surface area contributed by atoms with Crippen LogP contribution in [-0.4, -0.2) is 40.4 Å². The van der Waals surface area contributed by atoms with Crippen molar-refractivity contribution in [3.63, 3.8) is 0 Å². The van der Waals surface area contributed by atoms with Crippen molar-refractivity contribution in [2.75, 3.05) is 6.54 Å². The van der Waals surface area contributed by atoms with Gasteiger partial charge in [0.2, 0.25) is 11.8 Å². The van der Waals surface area contributed by atoms with Gasteiger partial charge in [-0.1, -0.05) is 12.1 Å². The Morgan fingerprint density at radius 2 is 2.15 bits per heavy atom. The van der Waals surface area contributed by atoms with Crippen molar-refractivity contribution < 1.29 is 14.7 Å². The summed E-state index contributed by atoms with van der Waals surface area (Å²) >= 11 is 0. The molecule has 106 valence electrons. The quantitative estimate of drug-likeness (QED) is 0.854. The lowest BCUT2D eigenvalue weighted by atomic mass is 10.1. The first-order valence-electron chi connectivity index (χ1n) is 7.01. The van der Waals surface area contributed by atoms with E-state index in [4.69, 9.17) is 0 Å². The van der Waals surface area contributed by atoms with Gasteiger partial charge < -0.3 is 15.3 Å². The Balaban J connectivity index is 1.55. The number of carbonyl (C=O) groups excluding carboxylic acids is 2. The fraction of sp³-hybridized carbons (Fsp3) is 0.467. The fourth-order valence-electron chi connectivity index (χ4n) is 2.68. The van der Waals surface area contributed by atoms with E-state index in [0.717, 1.165) is 24.9 Å². The molecule has 1 aliphatic heterocycles. The number of nitrogens with zero attached hydrogens (tertiary/aromatic N) is 1. The van der Waals surface area contributed by atoms with E-state index in [1.807, 2.05) is 4.90 Å². The van der Waals surface area contributed by atoms with Crippen LogP contribution in [0.15, 0.2) is 24.3 Å². The van der Waals surface area contributed by atoms with Gasteiger partial charge in [0.1, 0.15) is 11.8 Å². The Hall–Kier alpha value is -2.04. The van der Waals surface area contributed by atoms with E-state index in [-0.39, 0.29) is 30.0 Å². The molecule has 5 nitrogen and oxygen atoms in total. The van der Waals surface area contributed by atoms with Gasteiger partial charge in [-0.15, -0.1) is 0 Å². The second-order valence-electron chi connectivity index (χ2n) is 5.52. The van der Waals surface area contributed by atoms with Gasteiger partial charge in [0.15, 0.2) is 0 Å². The van der Waals surface area contributed by atoms with Gasteiger partial charge in [0.25, 0.3) is 0 Å². The molecule has 1 saturated heterocycles. The third-order valence-electron chi connectivity index (χ3n) is 3.84. The summed E-state index contributed by atoms with van der Waals surface area (Å²) in [6.45, 7) is 0.751. The van der Waals surface area contributed by atoms with E-state index < -0.39 is 0 Å². The number of amides is 2. The second-order valence-corrected chi connectivity index (χ2v) is 5.52. The Kier molecular flexibility index (Phi) is 3.34. The number of rotatable bonds is 4. The molecule has 1 aromatic carbocycles. The van der Waals surface area contributed by atoms with Crippen molar-refractivity contribution in [2.24, 2.45) is 0 Å². The number of aromatic hydroxyl groups is 1. The van der Waals surface area contributed by atoms with Crippen molar-refractivity contribution in [3.8, 4) is 5.75 Å². The fourth-order valence-corrected chi connectivity index (χ4v) is 2.68. The number of carbonyl (C=O) groups is 2. The van der Waals surface area contributed by atoms with Crippen LogP contribution in [0.25, 0.3) is 0 Å². The van der Waals surface area contributed by atoms with Crippen LogP contribution < -0.4 is 5.32 Å². The average Bonchev–Trinajstić information content (AvgIpc) is 3.17. The van der Waals surface area contributed by atoms with Crippen molar-refractivity contribution in [2.45, 2.75) is 37.8 Å². The third-order valence-corrected chi connectivity index (χ3v) is 3.84. The van der Waals surface area contributed by atoms with Crippen LogP contribution in [0.4, 0.5) is 0 Å². The summed E-state index contributed by atoms with van der Waals surface area (Å²) < 4.78 is 0. The molecular weight excluding hydrogens is 256 g/mol. The topological polar surface area (TPSA) is 69.6 Å². The minimum atomic E-state index is -0.375. The first-order valence-corrected chi connectivity index (χ1v) is 7.01. The lowest BCUT2D eigenvalue weighted by Gasteiger charge is -2.16. The van der Waals surface area contributed by atoms with Gasteiger partial charge in [0.05, 0.1) is 6.42 Å². The summed E-state index contributed by atoms with van der Waals surface area (Å²) in [5.41, 5.74) is 0.743. The zero-order valence-electron chi connectivity index (χ0n) is 11.2. The van der Waals surface area contributed by atoms with Crippen molar-refractivity contribution >= 4 is 11.8 Å². The Bertz CT molecular complexity index is 540. The predicted molar refractivity (Wildman–Crippen MR) is 73.1 cm³/mol. The van der Waals surface area contributed by atoms with Crippen LogP contribution in [0.5, 0.6) is 5.75 Å². The standard InChI is InChI=1S/C15H18N2O3/c18-12-3-1-2-10(8-12)9-14(19)16-13-6-7-17(15(13)20)11-4-5-11/h1-3,8,11,13,18H,4-7,9H2,(H,16,19)/t13-/m0/s1. The van der Waals surface area contributed by atoms with E-state index in [1.165, 1.54) is 0 Å². The van der Waals surface area contributed by atoms with Crippen LogP contribution in [0.3, 0.4) is 0 Å². The number of nitrogens with one attached hydrogen (secondary N) is 1. The second kappa shape index (κ2) is 5.15. The number of hydrogen-bond acceptors (Lipinski definition) is 3. The summed E-state index contributed by atoms with van der Waals surface area (Å²) in [5.74, 6) is 0.0236. The van der Waals surface area contributed by atoms with Crippen LogP contribution >= 0.6 is 0 Å². The Morgan fingerprint density at radius 3 is 2.85 bits per heavy atom. The molecule has 3 rings (SSSR count). The molecule has 2 N–H and O–H groups in total.